The van der Waals surface area contributed by atoms with E-state index in [9.17, 15) is 17.6 Å². The number of alkyl halides is 2. The first-order valence-corrected chi connectivity index (χ1v) is 5.00. The summed E-state index contributed by atoms with van der Waals surface area (Å²) in [6.45, 7) is -0.834. The van der Waals surface area contributed by atoms with Crippen molar-refractivity contribution in [1.29, 1.82) is 0 Å². The van der Waals surface area contributed by atoms with Gasteiger partial charge in [0, 0.05) is 20.5 Å². The molecule has 0 aromatic heterocycles. The normalized spacial score (nSPS) is 11.7. The van der Waals surface area contributed by atoms with Crippen molar-refractivity contribution in [3.63, 3.8) is 0 Å². The SMILES string of the molecule is CN(C)c1c(CC(F)(F)CN)ccc(F)c1F. The van der Waals surface area contributed by atoms with Crippen molar-refractivity contribution in [1.82, 2.24) is 0 Å². The van der Waals surface area contributed by atoms with Gasteiger partial charge in [-0.15, -0.1) is 0 Å². The van der Waals surface area contributed by atoms with Gasteiger partial charge in [-0.2, -0.15) is 0 Å². The second-order valence-corrected chi connectivity index (χ2v) is 4.00. The van der Waals surface area contributed by atoms with Gasteiger partial charge in [0.05, 0.1) is 12.2 Å². The molecular formula is C11H14F4N2. The molecule has 2 N–H and O–H groups in total. The molecule has 0 atom stereocenters. The lowest BCUT2D eigenvalue weighted by atomic mass is 10.0. The summed E-state index contributed by atoms with van der Waals surface area (Å²) < 4.78 is 52.8. The Morgan fingerprint density at radius 2 is 1.82 bits per heavy atom. The summed E-state index contributed by atoms with van der Waals surface area (Å²) in [4.78, 5) is 1.26. The lowest BCUT2D eigenvalue weighted by Crippen LogP contribution is -2.31. The fraction of sp³-hybridized carbons (Fsp3) is 0.455. The average Bonchev–Trinajstić information content (AvgIpc) is 2.23. The van der Waals surface area contributed by atoms with E-state index in [1.807, 2.05) is 0 Å². The van der Waals surface area contributed by atoms with E-state index < -0.39 is 30.5 Å². The van der Waals surface area contributed by atoms with Crippen LogP contribution in [0, 0.1) is 11.6 Å². The molecule has 6 heteroatoms. The van der Waals surface area contributed by atoms with Crippen LogP contribution in [-0.2, 0) is 6.42 Å². The molecule has 0 unspecified atom stereocenters. The minimum atomic E-state index is -3.13. The summed E-state index contributed by atoms with van der Waals surface area (Å²) in [6.07, 6.45) is -0.714. The monoisotopic (exact) mass is 250 g/mol. The molecule has 1 rings (SSSR count). The van der Waals surface area contributed by atoms with Crippen molar-refractivity contribution in [2.24, 2.45) is 5.73 Å². The molecule has 0 fully saturated rings. The Morgan fingerprint density at radius 1 is 1.24 bits per heavy atom. The third-order valence-corrected chi connectivity index (χ3v) is 2.35. The average molecular weight is 250 g/mol. The van der Waals surface area contributed by atoms with Crippen molar-refractivity contribution in [2.45, 2.75) is 12.3 Å². The maximum absolute atomic E-state index is 13.5. The number of nitrogens with zero attached hydrogens (tertiary/aromatic N) is 1. The van der Waals surface area contributed by atoms with Crippen LogP contribution in [0.4, 0.5) is 23.2 Å². The van der Waals surface area contributed by atoms with Crippen LogP contribution in [-0.4, -0.2) is 26.6 Å². The topological polar surface area (TPSA) is 29.3 Å². The number of hydrogen-bond acceptors (Lipinski definition) is 2. The minimum Gasteiger partial charge on any atom is -0.375 e. The van der Waals surface area contributed by atoms with Gasteiger partial charge >= 0.3 is 0 Å². The van der Waals surface area contributed by atoms with Crippen LogP contribution in [0.5, 0.6) is 0 Å². The van der Waals surface area contributed by atoms with Crippen molar-refractivity contribution < 1.29 is 17.6 Å². The van der Waals surface area contributed by atoms with E-state index >= 15 is 0 Å². The fourth-order valence-corrected chi connectivity index (χ4v) is 1.56. The fourth-order valence-electron chi connectivity index (χ4n) is 1.56. The smallest absolute Gasteiger partial charge is 0.264 e. The molecule has 0 saturated carbocycles. The number of anilines is 1. The first-order chi connectivity index (χ1) is 7.78. The van der Waals surface area contributed by atoms with Gasteiger partial charge in [-0.05, 0) is 11.6 Å². The van der Waals surface area contributed by atoms with Gasteiger partial charge in [0.2, 0.25) is 0 Å². The zero-order valence-corrected chi connectivity index (χ0v) is 9.61. The van der Waals surface area contributed by atoms with Gasteiger partial charge in [0.25, 0.3) is 5.92 Å². The summed E-state index contributed by atoms with van der Waals surface area (Å²) in [6, 6.07) is 1.99. The lowest BCUT2D eigenvalue weighted by Gasteiger charge is -2.21. The van der Waals surface area contributed by atoms with E-state index in [0.29, 0.717) is 0 Å². The van der Waals surface area contributed by atoms with Crippen molar-refractivity contribution >= 4 is 5.69 Å². The minimum absolute atomic E-state index is 0.0318. The van der Waals surface area contributed by atoms with Gasteiger partial charge in [0.15, 0.2) is 11.6 Å². The summed E-state index contributed by atoms with van der Waals surface area (Å²) in [5, 5.41) is 0. The van der Waals surface area contributed by atoms with Crippen molar-refractivity contribution in [3.05, 3.63) is 29.3 Å². The highest BCUT2D eigenvalue weighted by molar-refractivity contribution is 5.54. The Morgan fingerprint density at radius 3 is 2.29 bits per heavy atom. The van der Waals surface area contributed by atoms with E-state index in [1.165, 1.54) is 19.0 Å². The van der Waals surface area contributed by atoms with Gasteiger partial charge < -0.3 is 10.6 Å². The molecule has 0 saturated heterocycles. The van der Waals surface area contributed by atoms with E-state index in [-0.39, 0.29) is 11.3 Å². The second-order valence-electron chi connectivity index (χ2n) is 4.00. The molecule has 96 valence electrons. The zero-order valence-electron chi connectivity index (χ0n) is 9.61. The number of halogens is 4. The highest BCUT2D eigenvalue weighted by Crippen LogP contribution is 2.29. The van der Waals surface area contributed by atoms with E-state index in [0.717, 1.165) is 12.1 Å². The Labute approximate surface area is 97.0 Å². The highest BCUT2D eigenvalue weighted by Gasteiger charge is 2.30. The summed E-state index contributed by atoms with van der Waals surface area (Å²) in [5.41, 5.74) is 4.78. The first kappa shape index (κ1) is 13.8. The molecule has 0 aliphatic heterocycles. The van der Waals surface area contributed by atoms with Gasteiger partial charge in [-0.3, -0.25) is 0 Å². The zero-order chi connectivity index (χ0) is 13.2. The highest BCUT2D eigenvalue weighted by atomic mass is 19.3. The third kappa shape index (κ3) is 3.09. The standard InChI is InChI=1S/C11H14F4N2/c1-17(2)10-7(5-11(14,15)6-16)3-4-8(12)9(10)13/h3-4H,5-6,16H2,1-2H3. The number of hydrogen-bond donors (Lipinski definition) is 1. The Hall–Kier alpha value is -1.30. The predicted molar refractivity (Wildman–Crippen MR) is 58.4 cm³/mol. The Bertz CT molecular complexity index is 405. The van der Waals surface area contributed by atoms with Crippen LogP contribution < -0.4 is 10.6 Å². The molecule has 0 radical (unpaired) electrons. The molecular weight excluding hydrogens is 236 g/mol. The quantitative estimate of drug-likeness (QED) is 0.830. The molecule has 0 bridgehead atoms. The Kier molecular flexibility index (Phi) is 3.98. The molecule has 1 aromatic carbocycles. The summed E-state index contributed by atoms with van der Waals surface area (Å²) in [7, 11) is 2.92. The van der Waals surface area contributed by atoms with Crippen LogP contribution in [0.2, 0.25) is 0 Å². The van der Waals surface area contributed by atoms with Gasteiger partial charge in [0.1, 0.15) is 0 Å². The summed E-state index contributed by atoms with van der Waals surface area (Å²) in [5.74, 6) is -5.32. The molecule has 0 amide bonds. The van der Waals surface area contributed by atoms with E-state index in [4.69, 9.17) is 5.73 Å². The lowest BCUT2D eigenvalue weighted by molar-refractivity contribution is 0.0115. The van der Waals surface area contributed by atoms with Crippen LogP contribution in [0.15, 0.2) is 12.1 Å². The third-order valence-electron chi connectivity index (χ3n) is 2.35. The maximum Gasteiger partial charge on any atom is 0.264 e. The van der Waals surface area contributed by atoms with E-state index in [1.54, 1.807) is 0 Å². The van der Waals surface area contributed by atoms with Crippen molar-refractivity contribution in [2.75, 3.05) is 25.5 Å². The van der Waals surface area contributed by atoms with Crippen molar-refractivity contribution in [3.8, 4) is 0 Å². The molecule has 1 aromatic rings. The van der Waals surface area contributed by atoms with E-state index in [2.05, 4.69) is 0 Å². The first-order valence-electron chi connectivity index (χ1n) is 5.00. The molecule has 2 nitrogen and oxygen atoms in total. The molecule has 0 aliphatic rings. The molecule has 0 aliphatic carbocycles. The Balaban J connectivity index is 3.20. The second kappa shape index (κ2) is 4.91. The largest absolute Gasteiger partial charge is 0.375 e. The van der Waals surface area contributed by atoms with Crippen LogP contribution >= 0.6 is 0 Å². The van der Waals surface area contributed by atoms with Gasteiger partial charge in [-0.25, -0.2) is 17.6 Å². The molecule has 0 spiro atoms. The predicted octanol–water partition coefficient (Wildman–Crippen LogP) is 2.17. The van der Waals surface area contributed by atoms with Crippen LogP contribution in [0.25, 0.3) is 0 Å². The van der Waals surface area contributed by atoms with Gasteiger partial charge in [-0.1, -0.05) is 6.07 Å². The number of benzene rings is 1. The molecule has 0 heterocycles. The number of rotatable bonds is 4. The maximum atomic E-state index is 13.5. The number of nitrogens with two attached hydrogens (primary N) is 1. The van der Waals surface area contributed by atoms with Crippen LogP contribution in [0.1, 0.15) is 5.56 Å². The molecule has 17 heavy (non-hydrogen) atoms. The van der Waals surface area contributed by atoms with Crippen LogP contribution in [0.3, 0.4) is 0 Å². The summed E-state index contributed by atoms with van der Waals surface area (Å²) >= 11 is 0.